The number of ether oxygens (including phenoxy) is 3. The summed E-state index contributed by atoms with van der Waals surface area (Å²) < 4.78 is 15.3. The molecule has 1 saturated carbocycles. The van der Waals surface area contributed by atoms with E-state index in [1.54, 1.807) is 0 Å². The van der Waals surface area contributed by atoms with Gasteiger partial charge in [0, 0.05) is 11.8 Å². The van der Waals surface area contributed by atoms with Crippen LogP contribution >= 0.6 is 0 Å². The van der Waals surface area contributed by atoms with Gasteiger partial charge < -0.3 is 14.2 Å². The highest BCUT2D eigenvalue weighted by Crippen LogP contribution is 2.48. The molecule has 3 atom stereocenters. The van der Waals surface area contributed by atoms with Crippen molar-refractivity contribution in [3.05, 3.63) is 0 Å². The summed E-state index contributed by atoms with van der Waals surface area (Å²) in [6.07, 6.45) is 0. The molecule has 0 spiro atoms. The molecule has 0 aromatic rings. The molecule has 0 aromatic heterocycles. The summed E-state index contributed by atoms with van der Waals surface area (Å²) in [6.45, 7) is 3.91. The van der Waals surface area contributed by atoms with Gasteiger partial charge in [0.15, 0.2) is 0 Å². The van der Waals surface area contributed by atoms with Crippen molar-refractivity contribution in [2.45, 2.75) is 6.92 Å². The van der Waals surface area contributed by atoms with E-state index in [2.05, 4.69) is 0 Å². The maximum Gasteiger partial charge on any atom is 0.309 e. The number of carbonyl (C=O) groups excluding carboxylic acids is 1. The summed E-state index contributed by atoms with van der Waals surface area (Å²) in [4.78, 5) is 11.4. The molecular formula is C9H14O4. The van der Waals surface area contributed by atoms with Gasteiger partial charge in [-0.1, -0.05) is 0 Å². The zero-order chi connectivity index (χ0) is 9.26. The van der Waals surface area contributed by atoms with Crippen LogP contribution in [-0.2, 0) is 19.0 Å². The summed E-state index contributed by atoms with van der Waals surface area (Å²) >= 11 is 0. The van der Waals surface area contributed by atoms with Crippen molar-refractivity contribution >= 4 is 5.97 Å². The second kappa shape index (κ2) is 3.64. The monoisotopic (exact) mass is 186 g/mol. The lowest BCUT2D eigenvalue weighted by molar-refractivity contribution is -0.146. The minimum absolute atomic E-state index is 0.0280. The molecule has 0 bridgehead atoms. The summed E-state index contributed by atoms with van der Waals surface area (Å²) in [5.74, 6) is 0.606. The maximum absolute atomic E-state index is 11.4. The number of hydrogen-bond donors (Lipinski definition) is 0. The lowest BCUT2D eigenvalue weighted by Crippen LogP contribution is -2.12. The molecule has 74 valence electrons. The van der Waals surface area contributed by atoms with E-state index in [0.29, 0.717) is 38.4 Å². The standard InChI is InChI=1S/C9H14O4/c1-2-13-9(10)8-6-3-11-5-12-4-7(6)8/h6-8H,2-5H2,1H3/t6-,7+,8?. The Bertz CT molecular complexity index is 192. The third-order valence-corrected chi connectivity index (χ3v) is 2.68. The molecule has 4 heteroatoms. The maximum atomic E-state index is 11.4. The molecule has 2 fully saturated rings. The van der Waals surface area contributed by atoms with Gasteiger partial charge in [0.1, 0.15) is 6.79 Å². The van der Waals surface area contributed by atoms with Crippen molar-refractivity contribution in [2.75, 3.05) is 26.6 Å². The minimum atomic E-state index is -0.0911. The average Bonchev–Trinajstić information content (AvgIpc) is 2.77. The van der Waals surface area contributed by atoms with Gasteiger partial charge in [0.05, 0.1) is 25.7 Å². The van der Waals surface area contributed by atoms with E-state index < -0.39 is 0 Å². The SMILES string of the molecule is CCOC(=O)C1[C@H]2COCOC[C@@H]12. The van der Waals surface area contributed by atoms with Crippen molar-refractivity contribution in [2.24, 2.45) is 17.8 Å². The molecular weight excluding hydrogens is 172 g/mol. The summed E-state index contributed by atoms with van der Waals surface area (Å²) in [7, 11) is 0. The normalized spacial score (nSPS) is 37.5. The van der Waals surface area contributed by atoms with Gasteiger partial charge in [-0.25, -0.2) is 0 Å². The first-order valence-electron chi connectivity index (χ1n) is 4.66. The van der Waals surface area contributed by atoms with Crippen molar-refractivity contribution in [1.29, 1.82) is 0 Å². The predicted octanol–water partition coefficient (Wildman–Crippen LogP) is 0.416. The van der Waals surface area contributed by atoms with Crippen LogP contribution in [0.1, 0.15) is 6.92 Å². The molecule has 1 aliphatic carbocycles. The van der Waals surface area contributed by atoms with Gasteiger partial charge in [-0.3, -0.25) is 4.79 Å². The van der Waals surface area contributed by atoms with Crippen LogP contribution in [-0.4, -0.2) is 32.6 Å². The van der Waals surface area contributed by atoms with Gasteiger partial charge in [-0.2, -0.15) is 0 Å². The highest BCUT2D eigenvalue weighted by atomic mass is 16.7. The van der Waals surface area contributed by atoms with Crippen molar-refractivity contribution in [1.82, 2.24) is 0 Å². The summed E-state index contributed by atoms with van der Waals surface area (Å²) in [5, 5.41) is 0. The van der Waals surface area contributed by atoms with Crippen LogP contribution in [0.3, 0.4) is 0 Å². The van der Waals surface area contributed by atoms with Gasteiger partial charge in [0.2, 0.25) is 0 Å². The number of carbonyl (C=O) groups is 1. The van der Waals surface area contributed by atoms with Crippen LogP contribution < -0.4 is 0 Å². The number of fused-ring (bicyclic) bond motifs is 1. The van der Waals surface area contributed by atoms with Crippen molar-refractivity contribution in [3.8, 4) is 0 Å². The number of rotatable bonds is 2. The molecule has 1 saturated heterocycles. The lowest BCUT2D eigenvalue weighted by Gasteiger charge is -2.04. The first-order valence-corrected chi connectivity index (χ1v) is 4.66. The first kappa shape index (κ1) is 8.97. The van der Waals surface area contributed by atoms with Crippen molar-refractivity contribution < 1.29 is 19.0 Å². The van der Waals surface area contributed by atoms with E-state index in [-0.39, 0.29) is 11.9 Å². The van der Waals surface area contributed by atoms with Crippen LogP contribution in [0.2, 0.25) is 0 Å². The zero-order valence-corrected chi connectivity index (χ0v) is 7.69. The summed E-state index contributed by atoms with van der Waals surface area (Å²) in [5.41, 5.74) is 0. The van der Waals surface area contributed by atoms with E-state index in [1.165, 1.54) is 0 Å². The Morgan fingerprint density at radius 3 is 2.54 bits per heavy atom. The largest absolute Gasteiger partial charge is 0.466 e. The van der Waals surface area contributed by atoms with E-state index in [9.17, 15) is 4.79 Å². The molecule has 1 unspecified atom stereocenters. The second-order valence-electron chi connectivity index (χ2n) is 3.46. The van der Waals surface area contributed by atoms with Gasteiger partial charge in [-0.05, 0) is 6.92 Å². The molecule has 1 aliphatic heterocycles. The smallest absolute Gasteiger partial charge is 0.309 e. The van der Waals surface area contributed by atoms with Crippen LogP contribution in [0.15, 0.2) is 0 Å². The Balaban J connectivity index is 1.87. The third-order valence-electron chi connectivity index (χ3n) is 2.68. The fourth-order valence-corrected chi connectivity index (χ4v) is 1.91. The second-order valence-corrected chi connectivity index (χ2v) is 3.46. The molecule has 0 radical (unpaired) electrons. The van der Waals surface area contributed by atoms with Crippen molar-refractivity contribution in [3.63, 3.8) is 0 Å². The van der Waals surface area contributed by atoms with E-state index in [1.807, 2.05) is 6.92 Å². The van der Waals surface area contributed by atoms with E-state index in [4.69, 9.17) is 14.2 Å². The van der Waals surface area contributed by atoms with Gasteiger partial charge in [0.25, 0.3) is 0 Å². The predicted molar refractivity (Wildman–Crippen MR) is 43.9 cm³/mol. The average molecular weight is 186 g/mol. The van der Waals surface area contributed by atoms with E-state index in [0.717, 1.165) is 0 Å². The highest BCUT2D eigenvalue weighted by molar-refractivity contribution is 5.76. The molecule has 2 aliphatic rings. The number of hydrogen-bond acceptors (Lipinski definition) is 4. The Kier molecular flexibility index (Phi) is 2.51. The molecule has 0 aromatic carbocycles. The Hall–Kier alpha value is -0.610. The van der Waals surface area contributed by atoms with E-state index >= 15 is 0 Å². The minimum Gasteiger partial charge on any atom is -0.466 e. The molecule has 2 rings (SSSR count). The Labute approximate surface area is 77.1 Å². The fraction of sp³-hybridized carbons (Fsp3) is 0.889. The molecule has 1 heterocycles. The van der Waals surface area contributed by atoms with Crippen LogP contribution in [0.4, 0.5) is 0 Å². The van der Waals surface area contributed by atoms with Crippen LogP contribution in [0.5, 0.6) is 0 Å². The topological polar surface area (TPSA) is 44.8 Å². The molecule has 4 nitrogen and oxygen atoms in total. The quantitative estimate of drug-likeness (QED) is 0.586. The highest BCUT2D eigenvalue weighted by Gasteiger charge is 2.56. The Morgan fingerprint density at radius 2 is 2.00 bits per heavy atom. The van der Waals surface area contributed by atoms with Gasteiger partial charge in [-0.15, -0.1) is 0 Å². The fourth-order valence-electron chi connectivity index (χ4n) is 1.91. The zero-order valence-electron chi connectivity index (χ0n) is 7.69. The summed E-state index contributed by atoms with van der Waals surface area (Å²) in [6, 6.07) is 0. The number of esters is 1. The molecule has 13 heavy (non-hydrogen) atoms. The Morgan fingerprint density at radius 1 is 1.38 bits per heavy atom. The molecule has 0 amide bonds. The lowest BCUT2D eigenvalue weighted by atomic mass is 10.3. The first-order chi connectivity index (χ1) is 6.34. The molecule has 0 N–H and O–H groups in total. The third kappa shape index (κ3) is 1.69. The van der Waals surface area contributed by atoms with Crippen LogP contribution in [0.25, 0.3) is 0 Å². The van der Waals surface area contributed by atoms with Crippen LogP contribution in [0, 0.1) is 17.8 Å². The van der Waals surface area contributed by atoms with Gasteiger partial charge >= 0.3 is 5.97 Å².